The number of hydrogen-bond donors (Lipinski definition) is 1. The van der Waals surface area contributed by atoms with Gasteiger partial charge in [-0.1, -0.05) is 12.1 Å². The molecule has 110 valence electrons. The van der Waals surface area contributed by atoms with Gasteiger partial charge in [0, 0.05) is 19.5 Å². The van der Waals surface area contributed by atoms with Gasteiger partial charge in [-0.3, -0.25) is 4.79 Å². The predicted octanol–water partition coefficient (Wildman–Crippen LogP) is 1.80. The largest absolute Gasteiger partial charge is 0.489 e. The van der Waals surface area contributed by atoms with Crippen molar-refractivity contribution in [2.24, 2.45) is 0 Å². The highest BCUT2D eigenvalue weighted by atomic mass is 19.1. The fourth-order valence-electron chi connectivity index (χ4n) is 2.28. The van der Waals surface area contributed by atoms with Crippen LogP contribution in [0.4, 0.5) is 4.39 Å². The van der Waals surface area contributed by atoms with Crippen LogP contribution in [0.15, 0.2) is 24.3 Å². The molecule has 1 fully saturated rings. The molecule has 0 radical (unpaired) electrons. The maximum atomic E-state index is 13.3. The first kappa shape index (κ1) is 14.8. The molecule has 1 aliphatic heterocycles. The molecule has 0 spiro atoms. The third-order valence-corrected chi connectivity index (χ3v) is 3.53. The molecule has 2 rings (SSSR count). The Balaban J connectivity index is 1.70. The highest BCUT2D eigenvalue weighted by Crippen LogP contribution is 2.15. The summed E-state index contributed by atoms with van der Waals surface area (Å²) < 4.78 is 18.7. The van der Waals surface area contributed by atoms with E-state index in [1.807, 2.05) is 0 Å². The summed E-state index contributed by atoms with van der Waals surface area (Å²) in [5.41, 5.74) is 0. The third-order valence-electron chi connectivity index (χ3n) is 3.53. The van der Waals surface area contributed by atoms with Gasteiger partial charge in [0.25, 0.3) is 0 Å². The first-order valence-corrected chi connectivity index (χ1v) is 7.01. The smallest absolute Gasteiger partial charge is 0.223 e. The minimum absolute atomic E-state index is 0.0986. The Morgan fingerprint density at radius 1 is 1.50 bits per heavy atom. The number of rotatable bonds is 6. The van der Waals surface area contributed by atoms with Crippen molar-refractivity contribution in [3.05, 3.63) is 30.1 Å². The lowest BCUT2D eigenvalue weighted by Crippen LogP contribution is -2.35. The second-order valence-corrected chi connectivity index (χ2v) is 5.09. The number of carbonyl (C=O) groups excluding carboxylic acids is 1. The van der Waals surface area contributed by atoms with E-state index in [-0.39, 0.29) is 17.5 Å². The number of nitrogens with one attached hydrogen (secondary N) is 1. The normalized spacial score (nSPS) is 18.0. The molecule has 1 N–H and O–H groups in total. The molecule has 1 atom stereocenters. The lowest BCUT2D eigenvalue weighted by atomic mass is 10.1. The van der Waals surface area contributed by atoms with Crippen LogP contribution in [0.2, 0.25) is 0 Å². The molecule has 1 heterocycles. The number of amides is 1. The molecule has 1 unspecified atom stereocenters. The summed E-state index contributed by atoms with van der Waals surface area (Å²) in [5.74, 6) is -0.0519. The molecular weight excluding hydrogens is 259 g/mol. The molecular formula is C15H21FN2O2. The Morgan fingerprint density at radius 2 is 2.30 bits per heavy atom. The third kappa shape index (κ3) is 4.20. The Bertz CT molecular complexity index is 447. The van der Waals surface area contributed by atoms with Gasteiger partial charge >= 0.3 is 0 Å². The number of halogens is 1. The first-order chi connectivity index (χ1) is 9.66. The molecule has 0 saturated carbocycles. The zero-order valence-electron chi connectivity index (χ0n) is 11.8. The van der Waals surface area contributed by atoms with Crippen molar-refractivity contribution in [2.75, 3.05) is 26.7 Å². The average molecular weight is 280 g/mol. The predicted molar refractivity (Wildman–Crippen MR) is 75.2 cm³/mol. The highest BCUT2D eigenvalue weighted by molar-refractivity contribution is 5.76. The molecule has 1 amide bonds. The fraction of sp³-hybridized carbons (Fsp3) is 0.533. The van der Waals surface area contributed by atoms with Crippen LogP contribution < -0.4 is 10.1 Å². The summed E-state index contributed by atoms with van der Waals surface area (Å²) in [6.07, 6.45) is 2.72. The topological polar surface area (TPSA) is 41.6 Å². The van der Waals surface area contributed by atoms with Crippen molar-refractivity contribution in [3.8, 4) is 5.75 Å². The van der Waals surface area contributed by atoms with Gasteiger partial charge in [-0.2, -0.15) is 0 Å². The number of hydrogen-bond acceptors (Lipinski definition) is 3. The van der Waals surface area contributed by atoms with E-state index in [1.165, 1.54) is 6.07 Å². The van der Waals surface area contributed by atoms with Gasteiger partial charge in [0.15, 0.2) is 11.6 Å². The lowest BCUT2D eigenvalue weighted by Gasteiger charge is -2.19. The van der Waals surface area contributed by atoms with Crippen LogP contribution in [0.25, 0.3) is 0 Å². The van der Waals surface area contributed by atoms with E-state index < -0.39 is 0 Å². The molecule has 20 heavy (non-hydrogen) atoms. The fourth-order valence-corrected chi connectivity index (χ4v) is 2.28. The van der Waals surface area contributed by atoms with Gasteiger partial charge in [0.1, 0.15) is 6.61 Å². The Kier molecular flexibility index (Phi) is 5.35. The van der Waals surface area contributed by atoms with E-state index in [1.54, 1.807) is 30.1 Å². The van der Waals surface area contributed by atoms with Crippen LogP contribution in [0.3, 0.4) is 0 Å². The number of carbonyl (C=O) groups is 1. The van der Waals surface area contributed by atoms with Crippen LogP contribution in [-0.4, -0.2) is 43.6 Å². The van der Waals surface area contributed by atoms with Crippen molar-refractivity contribution >= 4 is 5.91 Å². The highest BCUT2D eigenvalue weighted by Gasteiger charge is 2.19. The van der Waals surface area contributed by atoms with E-state index in [9.17, 15) is 9.18 Å². The Labute approximate surface area is 118 Å². The number of benzene rings is 1. The van der Waals surface area contributed by atoms with Crippen LogP contribution in [0.1, 0.15) is 19.3 Å². The van der Waals surface area contributed by atoms with Gasteiger partial charge in [0.2, 0.25) is 5.91 Å². The summed E-state index contributed by atoms with van der Waals surface area (Å²) in [5, 5.41) is 3.30. The summed E-state index contributed by atoms with van der Waals surface area (Å²) in [7, 11) is 1.75. The van der Waals surface area contributed by atoms with Crippen molar-refractivity contribution in [1.29, 1.82) is 0 Å². The van der Waals surface area contributed by atoms with E-state index in [0.717, 1.165) is 19.4 Å². The van der Waals surface area contributed by atoms with Crippen LogP contribution >= 0.6 is 0 Å². The number of ether oxygens (including phenoxy) is 1. The summed E-state index contributed by atoms with van der Waals surface area (Å²) in [4.78, 5) is 13.6. The van der Waals surface area contributed by atoms with Crippen molar-refractivity contribution in [1.82, 2.24) is 10.2 Å². The zero-order valence-corrected chi connectivity index (χ0v) is 11.8. The number of likely N-dealkylation sites (N-methyl/N-ethyl adjacent to an activating group) is 1. The monoisotopic (exact) mass is 280 g/mol. The molecule has 4 nitrogen and oxygen atoms in total. The standard InChI is InChI=1S/C15H21FN2O2/c1-18(15(19)11-12-5-4-8-17-12)9-10-20-14-7-3-2-6-13(14)16/h2-3,6-7,12,17H,4-5,8-11H2,1H3. The van der Waals surface area contributed by atoms with Crippen molar-refractivity contribution in [3.63, 3.8) is 0 Å². The van der Waals surface area contributed by atoms with Gasteiger partial charge in [0.05, 0.1) is 6.54 Å². The lowest BCUT2D eigenvalue weighted by molar-refractivity contribution is -0.130. The van der Waals surface area contributed by atoms with Gasteiger partial charge in [-0.05, 0) is 31.5 Å². The first-order valence-electron chi connectivity index (χ1n) is 7.01. The molecule has 5 heteroatoms. The van der Waals surface area contributed by atoms with E-state index in [4.69, 9.17) is 4.74 Å². The van der Waals surface area contributed by atoms with Crippen LogP contribution in [0.5, 0.6) is 5.75 Å². The number of para-hydroxylation sites is 1. The van der Waals surface area contributed by atoms with Crippen LogP contribution in [0, 0.1) is 5.82 Å². The molecule has 0 aliphatic carbocycles. The van der Waals surface area contributed by atoms with Gasteiger partial charge < -0.3 is 15.0 Å². The zero-order chi connectivity index (χ0) is 14.4. The van der Waals surface area contributed by atoms with Crippen molar-refractivity contribution in [2.45, 2.75) is 25.3 Å². The van der Waals surface area contributed by atoms with Crippen molar-refractivity contribution < 1.29 is 13.9 Å². The molecule has 1 saturated heterocycles. The van der Waals surface area contributed by atoms with E-state index in [0.29, 0.717) is 25.6 Å². The Morgan fingerprint density at radius 3 is 3.00 bits per heavy atom. The van der Waals surface area contributed by atoms with Gasteiger partial charge in [-0.25, -0.2) is 4.39 Å². The maximum Gasteiger partial charge on any atom is 0.223 e. The van der Waals surface area contributed by atoms with E-state index in [2.05, 4.69) is 5.32 Å². The minimum atomic E-state index is -0.378. The maximum absolute atomic E-state index is 13.3. The second-order valence-electron chi connectivity index (χ2n) is 5.09. The summed E-state index contributed by atoms with van der Waals surface area (Å²) >= 11 is 0. The van der Waals surface area contributed by atoms with Gasteiger partial charge in [-0.15, -0.1) is 0 Å². The average Bonchev–Trinajstić information content (AvgIpc) is 2.93. The van der Waals surface area contributed by atoms with Crippen LogP contribution in [-0.2, 0) is 4.79 Å². The molecule has 1 aliphatic rings. The molecule has 1 aromatic rings. The quantitative estimate of drug-likeness (QED) is 0.864. The molecule has 0 aromatic heterocycles. The number of nitrogens with zero attached hydrogens (tertiary/aromatic N) is 1. The summed E-state index contributed by atoms with van der Waals surface area (Å²) in [6.45, 7) is 1.75. The molecule has 0 bridgehead atoms. The molecule has 1 aromatic carbocycles. The van der Waals surface area contributed by atoms with E-state index >= 15 is 0 Å². The summed E-state index contributed by atoms with van der Waals surface area (Å²) in [6, 6.07) is 6.58. The second kappa shape index (κ2) is 7.24. The Hall–Kier alpha value is -1.62. The SMILES string of the molecule is CN(CCOc1ccccc1F)C(=O)CC1CCCN1. The minimum Gasteiger partial charge on any atom is -0.489 e.